The molecule has 0 atom stereocenters. The van der Waals surface area contributed by atoms with Crippen LogP contribution in [-0.2, 0) is 16.6 Å². The predicted molar refractivity (Wildman–Crippen MR) is 72.1 cm³/mol. The van der Waals surface area contributed by atoms with Crippen LogP contribution in [0.15, 0.2) is 4.90 Å². The number of aryl methyl sites for hydroxylation is 1. The number of rotatable bonds is 4. The summed E-state index contributed by atoms with van der Waals surface area (Å²) in [7, 11) is -3.49. The van der Waals surface area contributed by atoms with Crippen LogP contribution in [0.25, 0.3) is 0 Å². The van der Waals surface area contributed by atoms with Crippen LogP contribution in [0.4, 0.5) is 0 Å². The molecule has 2 rings (SSSR count). The van der Waals surface area contributed by atoms with E-state index in [2.05, 4.69) is 22.0 Å². The van der Waals surface area contributed by atoms with Crippen molar-refractivity contribution in [1.82, 2.24) is 19.4 Å². The van der Waals surface area contributed by atoms with Crippen LogP contribution in [0.2, 0.25) is 0 Å². The number of hydrogen-bond donors (Lipinski definition) is 2. The number of aromatic nitrogens is 2. The summed E-state index contributed by atoms with van der Waals surface area (Å²) in [5, 5.41) is 6.67. The quantitative estimate of drug-likeness (QED) is 0.778. The second-order valence-corrected chi connectivity index (χ2v) is 6.54. The third-order valence-corrected chi connectivity index (χ3v) is 5.63. The number of hydrogen-bond acceptors (Lipinski definition) is 5. The first-order chi connectivity index (χ1) is 9.00. The fourth-order valence-electron chi connectivity index (χ4n) is 2.37. The van der Waals surface area contributed by atoms with E-state index in [9.17, 15) is 8.42 Å². The second kappa shape index (κ2) is 5.58. The van der Waals surface area contributed by atoms with Crippen molar-refractivity contribution in [1.29, 1.82) is 0 Å². The van der Waals surface area contributed by atoms with Gasteiger partial charge < -0.3 is 10.6 Å². The minimum atomic E-state index is -3.49. The summed E-state index contributed by atoms with van der Waals surface area (Å²) in [5.74, 6) is 0. The maximum atomic E-state index is 12.6. The van der Waals surface area contributed by atoms with Crippen molar-refractivity contribution in [3.8, 4) is 0 Å². The van der Waals surface area contributed by atoms with E-state index in [1.807, 2.05) is 0 Å². The topological polar surface area (TPSA) is 95.3 Å². The van der Waals surface area contributed by atoms with Crippen molar-refractivity contribution in [3.05, 3.63) is 11.4 Å². The Morgan fingerprint density at radius 3 is 2.47 bits per heavy atom. The first-order valence-electron chi connectivity index (χ1n) is 6.47. The predicted octanol–water partition coefficient (Wildman–Crippen LogP) is -0.497. The van der Waals surface area contributed by atoms with Gasteiger partial charge in [0.1, 0.15) is 4.90 Å². The monoisotopic (exact) mass is 287 g/mol. The van der Waals surface area contributed by atoms with Gasteiger partial charge in [0.2, 0.25) is 10.0 Å². The Morgan fingerprint density at radius 2 is 1.95 bits per heavy atom. The number of nitrogens with two attached hydrogens (primary N) is 1. The van der Waals surface area contributed by atoms with Crippen LogP contribution in [-0.4, -0.2) is 60.5 Å². The van der Waals surface area contributed by atoms with Crippen LogP contribution < -0.4 is 5.73 Å². The van der Waals surface area contributed by atoms with Gasteiger partial charge in [0.05, 0.1) is 11.4 Å². The summed E-state index contributed by atoms with van der Waals surface area (Å²) in [6.45, 7) is 7.43. The highest BCUT2D eigenvalue weighted by Gasteiger charge is 2.32. The lowest BCUT2D eigenvalue weighted by molar-refractivity contribution is 0.196. The Bertz CT molecular complexity index is 531. The van der Waals surface area contributed by atoms with E-state index >= 15 is 0 Å². The van der Waals surface area contributed by atoms with Crippen molar-refractivity contribution >= 4 is 10.0 Å². The standard InChI is InChI=1S/C11H21N5O2S/c1-3-15-4-6-16(7-5-15)19(17,18)11-9(2)13-14-10(11)8-12/h3-8,12H2,1-2H3,(H,13,14). The molecule has 0 aromatic carbocycles. The molecule has 0 radical (unpaired) electrons. The zero-order valence-electron chi connectivity index (χ0n) is 11.4. The molecule has 0 unspecified atom stereocenters. The fraction of sp³-hybridized carbons (Fsp3) is 0.727. The maximum Gasteiger partial charge on any atom is 0.246 e. The Morgan fingerprint density at radius 1 is 1.32 bits per heavy atom. The van der Waals surface area contributed by atoms with E-state index in [1.165, 1.54) is 4.31 Å². The van der Waals surface area contributed by atoms with E-state index in [0.29, 0.717) is 24.5 Å². The Balaban J connectivity index is 2.26. The Labute approximate surface area is 113 Å². The number of sulfonamides is 1. The van der Waals surface area contributed by atoms with Crippen molar-refractivity contribution in [2.45, 2.75) is 25.3 Å². The smallest absolute Gasteiger partial charge is 0.246 e. The number of nitrogens with one attached hydrogen (secondary N) is 1. The van der Waals surface area contributed by atoms with Gasteiger partial charge in [0.15, 0.2) is 0 Å². The van der Waals surface area contributed by atoms with Gasteiger partial charge in [-0.25, -0.2) is 8.42 Å². The maximum absolute atomic E-state index is 12.6. The average Bonchev–Trinajstić information content (AvgIpc) is 2.80. The summed E-state index contributed by atoms with van der Waals surface area (Å²) >= 11 is 0. The number of nitrogens with zero attached hydrogens (tertiary/aromatic N) is 3. The Kier molecular flexibility index (Phi) is 4.24. The lowest BCUT2D eigenvalue weighted by Crippen LogP contribution is -2.48. The first-order valence-corrected chi connectivity index (χ1v) is 7.91. The molecule has 7 nitrogen and oxygen atoms in total. The molecule has 1 saturated heterocycles. The Hall–Kier alpha value is -0.960. The molecule has 8 heteroatoms. The van der Waals surface area contributed by atoms with Gasteiger partial charge >= 0.3 is 0 Å². The van der Waals surface area contributed by atoms with Crippen molar-refractivity contribution in [2.75, 3.05) is 32.7 Å². The van der Waals surface area contributed by atoms with E-state index in [-0.39, 0.29) is 11.4 Å². The normalized spacial score (nSPS) is 18.9. The average molecular weight is 287 g/mol. The minimum absolute atomic E-state index is 0.119. The zero-order chi connectivity index (χ0) is 14.0. The van der Waals surface area contributed by atoms with Crippen LogP contribution >= 0.6 is 0 Å². The van der Waals surface area contributed by atoms with Crippen LogP contribution in [0, 0.1) is 6.92 Å². The fourth-order valence-corrected chi connectivity index (χ4v) is 4.13. The molecule has 3 N–H and O–H groups in total. The van der Waals surface area contributed by atoms with Gasteiger partial charge in [0.25, 0.3) is 0 Å². The summed E-state index contributed by atoms with van der Waals surface area (Å²) < 4.78 is 26.8. The molecule has 1 aromatic heterocycles. The van der Waals surface area contributed by atoms with Gasteiger partial charge in [0, 0.05) is 32.7 Å². The lowest BCUT2D eigenvalue weighted by atomic mass is 10.4. The van der Waals surface area contributed by atoms with E-state index < -0.39 is 10.0 Å². The largest absolute Gasteiger partial charge is 0.325 e. The number of aromatic amines is 1. The summed E-state index contributed by atoms with van der Waals surface area (Å²) in [5.41, 5.74) is 6.53. The third kappa shape index (κ3) is 2.66. The molecule has 108 valence electrons. The van der Waals surface area contributed by atoms with Gasteiger partial charge in [-0.15, -0.1) is 0 Å². The first kappa shape index (κ1) is 14.4. The molecule has 0 bridgehead atoms. The van der Waals surface area contributed by atoms with E-state index in [0.717, 1.165) is 19.6 Å². The van der Waals surface area contributed by atoms with Gasteiger partial charge in [-0.1, -0.05) is 6.92 Å². The minimum Gasteiger partial charge on any atom is -0.325 e. The highest BCUT2D eigenvalue weighted by Crippen LogP contribution is 2.22. The number of piperazine rings is 1. The molecule has 0 spiro atoms. The second-order valence-electron chi connectivity index (χ2n) is 4.67. The third-order valence-electron chi connectivity index (χ3n) is 3.53. The molecule has 1 aromatic rings. The van der Waals surface area contributed by atoms with Gasteiger partial charge in [-0.2, -0.15) is 9.40 Å². The molecule has 1 aliphatic heterocycles. The zero-order valence-corrected chi connectivity index (χ0v) is 12.2. The molecule has 0 saturated carbocycles. The molecule has 0 amide bonds. The summed E-state index contributed by atoms with van der Waals surface area (Å²) in [6, 6.07) is 0. The van der Waals surface area contributed by atoms with Gasteiger partial charge in [-0.05, 0) is 13.5 Å². The molecule has 1 aliphatic rings. The molecular formula is C11H21N5O2S. The number of H-pyrrole nitrogens is 1. The lowest BCUT2D eigenvalue weighted by Gasteiger charge is -2.33. The molecule has 1 fully saturated rings. The van der Waals surface area contributed by atoms with E-state index in [1.54, 1.807) is 6.92 Å². The molecule has 0 aliphatic carbocycles. The molecule has 2 heterocycles. The summed E-state index contributed by atoms with van der Waals surface area (Å²) in [4.78, 5) is 2.48. The number of likely N-dealkylation sites (N-methyl/N-ethyl adjacent to an activating group) is 1. The highest BCUT2D eigenvalue weighted by atomic mass is 32.2. The van der Waals surface area contributed by atoms with Crippen molar-refractivity contribution in [3.63, 3.8) is 0 Å². The van der Waals surface area contributed by atoms with Crippen LogP contribution in [0.3, 0.4) is 0 Å². The SMILES string of the molecule is CCN1CCN(S(=O)(=O)c2c(CN)n[nH]c2C)CC1. The van der Waals surface area contributed by atoms with Crippen molar-refractivity contribution in [2.24, 2.45) is 5.73 Å². The summed E-state index contributed by atoms with van der Waals surface area (Å²) in [6.07, 6.45) is 0. The van der Waals surface area contributed by atoms with Gasteiger partial charge in [-0.3, -0.25) is 5.10 Å². The van der Waals surface area contributed by atoms with Crippen molar-refractivity contribution < 1.29 is 8.42 Å². The van der Waals surface area contributed by atoms with E-state index in [4.69, 9.17) is 5.73 Å². The highest BCUT2D eigenvalue weighted by molar-refractivity contribution is 7.89. The molecular weight excluding hydrogens is 266 g/mol. The van der Waals surface area contributed by atoms with Crippen LogP contribution in [0.5, 0.6) is 0 Å². The van der Waals surface area contributed by atoms with Crippen LogP contribution in [0.1, 0.15) is 18.3 Å². The molecule has 19 heavy (non-hydrogen) atoms.